The maximum Gasteiger partial charge on any atom is 0.320 e. The number of hydrogen-bond acceptors (Lipinski definition) is 4. The summed E-state index contributed by atoms with van der Waals surface area (Å²) in [6.07, 6.45) is 5.20. The topological polar surface area (TPSA) is 61.7 Å². The van der Waals surface area contributed by atoms with Crippen LogP contribution < -0.4 is 0 Å². The molecule has 2 fully saturated rings. The van der Waals surface area contributed by atoms with Crippen LogP contribution in [0.2, 0.25) is 0 Å². The summed E-state index contributed by atoms with van der Waals surface area (Å²) >= 11 is 1.58. The molecule has 0 spiro atoms. The van der Waals surface area contributed by atoms with Crippen LogP contribution in [-0.4, -0.2) is 75.7 Å². The Labute approximate surface area is 191 Å². The van der Waals surface area contributed by atoms with Crippen molar-refractivity contribution in [1.29, 1.82) is 0 Å². The summed E-state index contributed by atoms with van der Waals surface area (Å²) in [7, 11) is 0. The molecule has 2 saturated heterocycles. The van der Waals surface area contributed by atoms with E-state index in [9.17, 15) is 9.59 Å². The van der Waals surface area contributed by atoms with Gasteiger partial charge in [-0.05, 0) is 42.8 Å². The molecule has 4 heterocycles. The smallest absolute Gasteiger partial charge is 0.320 e. The van der Waals surface area contributed by atoms with Gasteiger partial charge in [-0.3, -0.25) is 4.79 Å². The van der Waals surface area contributed by atoms with Gasteiger partial charge in [-0.2, -0.15) is 5.10 Å². The number of piperazine rings is 1. The molecule has 2 aliphatic heterocycles. The van der Waals surface area contributed by atoms with Gasteiger partial charge in [0.05, 0.1) is 16.1 Å². The van der Waals surface area contributed by atoms with Crippen LogP contribution in [0, 0.1) is 0 Å². The van der Waals surface area contributed by atoms with E-state index in [1.807, 2.05) is 68.7 Å². The molecule has 3 amide bonds. The first-order chi connectivity index (χ1) is 15.7. The SMILES string of the molecule is O=C(c1cn(-c2ccccc2)nc1-c1cccs1)N1CCN(C(=O)N2CCCCC2)CC1. The molecular formula is C24H27N5O2S. The Morgan fingerprint density at radius 2 is 1.47 bits per heavy atom. The van der Waals surface area contributed by atoms with E-state index in [-0.39, 0.29) is 11.9 Å². The lowest BCUT2D eigenvalue weighted by Crippen LogP contribution is -2.54. The molecule has 0 saturated carbocycles. The van der Waals surface area contributed by atoms with Crippen LogP contribution in [0.25, 0.3) is 16.3 Å². The number of carbonyl (C=O) groups is 2. The molecular weight excluding hydrogens is 422 g/mol. The molecule has 2 aromatic heterocycles. The number of thiophene rings is 1. The fourth-order valence-corrected chi connectivity index (χ4v) is 5.12. The Hall–Kier alpha value is -3.13. The summed E-state index contributed by atoms with van der Waals surface area (Å²) in [6.45, 7) is 3.92. The average Bonchev–Trinajstić information content (AvgIpc) is 3.55. The van der Waals surface area contributed by atoms with Gasteiger partial charge < -0.3 is 14.7 Å². The number of piperidine rings is 1. The molecule has 1 aromatic carbocycles. The van der Waals surface area contributed by atoms with Crippen molar-refractivity contribution in [2.45, 2.75) is 19.3 Å². The van der Waals surface area contributed by atoms with Crippen LogP contribution in [0.5, 0.6) is 0 Å². The van der Waals surface area contributed by atoms with Crippen molar-refractivity contribution in [3.05, 3.63) is 59.6 Å². The van der Waals surface area contributed by atoms with E-state index < -0.39 is 0 Å². The number of carbonyl (C=O) groups excluding carboxylic acids is 2. The van der Waals surface area contributed by atoms with Gasteiger partial charge in [-0.25, -0.2) is 9.48 Å². The lowest BCUT2D eigenvalue weighted by atomic mass is 10.1. The van der Waals surface area contributed by atoms with Crippen molar-refractivity contribution < 1.29 is 9.59 Å². The highest BCUT2D eigenvalue weighted by Gasteiger charge is 2.30. The minimum absolute atomic E-state index is 0.0272. The van der Waals surface area contributed by atoms with Crippen LogP contribution >= 0.6 is 11.3 Å². The highest BCUT2D eigenvalue weighted by molar-refractivity contribution is 7.13. The number of aromatic nitrogens is 2. The third kappa shape index (κ3) is 4.14. The fraction of sp³-hybridized carbons (Fsp3) is 0.375. The Balaban J connectivity index is 1.33. The second-order valence-corrected chi connectivity index (χ2v) is 9.21. The van der Waals surface area contributed by atoms with Crippen LogP contribution in [-0.2, 0) is 0 Å². The highest BCUT2D eigenvalue weighted by Crippen LogP contribution is 2.29. The van der Waals surface area contributed by atoms with Gasteiger partial charge in [0, 0.05) is 45.5 Å². The minimum atomic E-state index is -0.0272. The third-order valence-electron chi connectivity index (χ3n) is 6.18. The van der Waals surface area contributed by atoms with Gasteiger partial charge in [-0.15, -0.1) is 11.3 Å². The average molecular weight is 450 g/mol. The van der Waals surface area contributed by atoms with Crippen molar-refractivity contribution in [3.8, 4) is 16.3 Å². The molecule has 166 valence electrons. The molecule has 3 aromatic rings. The number of urea groups is 1. The van der Waals surface area contributed by atoms with Gasteiger partial charge >= 0.3 is 6.03 Å². The summed E-state index contributed by atoms with van der Waals surface area (Å²) in [5.41, 5.74) is 2.23. The molecule has 32 heavy (non-hydrogen) atoms. The van der Waals surface area contributed by atoms with Gasteiger partial charge in [0.1, 0.15) is 5.69 Å². The maximum atomic E-state index is 13.5. The molecule has 0 N–H and O–H groups in total. The Kier molecular flexibility index (Phi) is 5.94. The Morgan fingerprint density at radius 1 is 0.781 bits per heavy atom. The van der Waals surface area contributed by atoms with Crippen LogP contribution in [0.1, 0.15) is 29.6 Å². The molecule has 7 nitrogen and oxygen atoms in total. The molecule has 0 radical (unpaired) electrons. The summed E-state index contributed by atoms with van der Waals surface area (Å²) < 4.78 is 1.78. The van der Waals surface area contributed by atoms with Crippen LogP contribution in [0.3, 0.4) is 0 Å². The number of para-hydroxylation sites is 1. The normalized spacial score (nSPS) is 16.9. The Morgan fingerprint density at radius 3 is 2.16 bits per heavy atom. The predicted molar refractivity (Wildman–Crippen MR) is 125 cm³/mol. The van der Waals surface area contributed by atoms with E-state index in [0.717, 1.165) is 36.5 Å². The number of rotatable bonds is 3. The standard InChI is InChI=1S/C24H27N5O2S/c30-23(26-13-15-28(16-14-26)24(31)27-11-5-2-6-12-27)20-18-29(19-8-3-1-4-9-19)25-22(20)21-10-7-17-32-21/h1,3-4,7-10,17-18H,2,5-6,11-16H2. The number of benzene rings is 1. The third-order valence-corrected chi connectivity index (χ3v) is 7.06. The van der Waals surface area contributed by atoms with Gasteiger partial charge in [0.15, 0.2) is 0 Å². The van der Waals surface area contributed by atoms with Crippen molar-refractivity contribution in [1.82, 2.24) is 24.5 Å². The summed E-state index contributed by atoms with van der Waals surface area (Å²) in [5.74, 6) is -0.0272. The van der Waals surface area contributed by atoms with E-state index in [1.165, 1.54) is 6.42 Å². The molecule has 5 rings (SSSR count). The predicted octanol–water partition coefficient (Wildman–Crippen LogP) is 3.96. The van der Waals surface area contributed by atoms with Crippen molar-refractivity contribution in [3.63, 3.8) is 0 Å². The van der Waals surface area contributed by atoms with Crippen molar-refractivity contribution >= 4 is 23.3 Å². The summed E-state index contributed by atoms with van der Waals surface area (Å²) in [4.78, 5) is 33.0. The number of amides is 3. The second kappa shape index (κ2) is 9.16. The quantitative estimate of drug-likeness (QED) is 0.608. The van der Waals surface area contributed by atoms with Crippen molar-refractivity contribution in [2.75, 3.05) is 39.3 Å². The largest absolute Gasteiger partial charge is 0.335 e. The number of hydrogen-bond donors (Lipinski definition) is 0. The first-order valence-corrected chi connectivity index (χ1v) is 12.1. The van der Waals surface area contributed by atoms with Crippen LogP contribution in [0.4, 0.5) is 4.79 Å². The summed E-state index contributed by atoms with van der Waals surface area (Å²) in [6, 6.07) is 13.9. The first kappa shape index (κ1) is 20.8. The van der Waals surface area contributed by atoms with E-state index in [1.54, 1.807) is 16.0 Å². The molecule has 2 aliphatic rings. The molecule has 0 bridgehead atoms. The van der Waals surface area contributed by atoms with E-state index in [4.69, 9.17) is 5.10 Å². The minimum Gasteiger partial charge on any atom is -0.335 e. The fourth-order valence-electron chi connectivity index (χ4n) is 4.40. The zero-order valence-electron chi connectivity index (χ0n) is 18.0. The van der Waals surface area contributed by atoms with E-state index in [0.29, 0.717) is 37.4 Å². The van der Waals surface area contributed by atoms with Gasteiger partial charge in [-0.1, -0.05) is 24.3 Å². The molecule has 8 heteroatoms. The van der Waals surface area contributed by atoms with Gasteiger partial charge in [0.2, 0.25) is 0 Å². The lowest BCUT2D eigenvalue weighted by Gasteiger charge is -2.38. The zero-order chi connectivity index (χ0) is 21.9. The second-order valence-electron chi connectivity index (χ2n) is 8.26. The maximum absolute atomic E-state index is 13.5. The van der Waals surface area contributed by atoms with E-state index in [2.05, 4.69) is 0 Å². The highest BCUT2D eigenvalue weighted by atomic mass is 32.1. The molecule has 0 aliphatic carbocycles. The lowest BCUT2D eigenvalue weighted by molar-refractivity contribution is 0.0633. The van der Waals surface area contributed by atoms with Crippen molar-refractivity contribution in [2.24, 2.45) is 0 Å². The van der Waals surface area contributed by atoms with Crippen LogP contribution in [0.15, 0.2) is 54.0 Å². The number of likely N-dealkylation sites (tertiary alicyclic amines) is 1. The zero-order valence-corrected chi connectivity index (χ0v) is 18.8. The first-order valence-electron chi connectivity index (χ1n) is 11.2. The molecule has 0 atom stereocenters. The Bertz CT molecular complexity index is 1070. The molecule has 0 unspecified atom stereocenters. The number of nitrogens with zero attached hydrogens (tertiary/aromatic N) is 5. The summed E-state index contributed by atoms with van der Waals surface area (Å²) in [5, 5.41) is 6.75. The van der Waals surface area contributed by atoms with Gasteiger partial charge in [0.25, 0.3) is 5.91 Å². The van der Waals surface area contributed by atoms with E-state index >= 15 is 0 Å². The monoisotopic (exact) mass is 449 g/mol.